The lowest BCUT2D eigenvalue weighted by atomic mass is 9.81. The summed E-state index contributed by atoms with van der Waals surface area (Å²) in [5.41, 5.74) is 1.72. The number of halogens is 3. The van der Waals surface area contributed by atoms with Crippen LogP contribution >= 0.6 is 0 Å². The number of benzene rings is 1. The van der Waals surface area contributed by atoms with E-state index in [0.29, 0.717) is 25.1 Å². The van der Waals surface area contributed by atoms with Crippen LogP contribution < -0.4 is 15.5 Å². The van der Waals surface area contributed by atoms with E-state index in [4.69, 9.17) is 9.57 Å². The largest absolute Gasteiger partial charge is 0.495 e. The molecule has 1 aromatic heterocycles. The van der Waals surface area contributed by atoms with Crippen molar-refractivity contribution in [2.24, 2.45) is 5.92 Å². The molecule has 1 heterocycles. The number of hydroxylamine groups is 1. The van der Waals surface area contributed by atoms with E-state index in [9.17, 15) is 26.4 Å². The van der Waals surface area contributed by atoms with Crippen molar-refractivity contribution in [2.45, 2.75) is 44.3 Å². The van der Waals surface area contributed by atoms with Gasteiger partial charge in [0.05, 0.1) is 36.9 Å². The van der Waals surface area contributed by atoms with E-state index in [1.165, 1.54) is 36.7 Å². The van der Waals surface area contributed by atoms with Crippen LogP contribution in [0.15, 0.2) is 24.4 Å². The molecule has 228 valence electrons. The number of amides is 1. The van der Waals surface area contributed by atoms with E-state index < -0.39 is 33.7 Å². The Morgan fingerprint density at radius 3 is 2.51 bits per heavy atom. The van der Waals surface area contributed by atoms with Gasteiger partial charge in [-0.3, -0.25) is 9.63 Å². The summed E-state index contributed by atoms with van der Waals surface area (Å²) in [5, 5.41) is 2.88. The van der Waals surface area contributed by atoms with Crippen molar-refractivity contribution in [3.8, 4) is 5.75 Å². The summed E-state index contributed by atoms with van der Waals surface area (Å²) in [5.74, 6) is -0.708. The van der Waals surface area contributed by atoms with Gasteiger partial charge in [-0.2, -0.15) is 13.2 Å². The zero-order valence-corrected chi connectivity index (χ0v) is 24.6. The number of hydrogen-bond acceptors (Lipinski definition) is 9. The molecule has 2 N–H and O–H groups in total. The fraction of sp³-hybridized carbons (Fsp3) is 0.577. The minimum atomic E-state index is -4.69. The average molecular weight is 603 g/mol. The van der Waals surface area contributed by atoms with Gasteiger partial charge in [-0.25, -0.2) is 28.2 Å². The number of carbonyl (C=O) groups is 1. The van der Waals surface area contributed by atoms with Gasteiger partial charge in [0.2, 0.25) is 16.0 Å². The number of carbonyl (C=O) groups excluding carboxylic acids is 1. The zero-order chi connectivity index (χ0) is 30.4. The molecule has 0 bridgehead atoms. The standard InChI is InChI=1S/C26H37F3N6O5S/c1-34(2)12-13-40-33-24(36)18-10-11-20(23(15-18)39-4)31-25-30-16-19(26(27,28)29)21(32-25)14-17-8-6-7-9-22(17)35(3)41(5,37)38/h10-11,15-17,22H,6-9,12-14H2,1-5H3,(H,33,36)(H,30,31,32)/t17-,22+/m0/s1. The summed E-state index contributed by atoms with van der Waals surface area (Å²) in [7, 11) is 3.06. The lowest BCUT2D eigenvalue weighted by molar-refractivity contribution is -0.138. The molecule has 0 unspecified atom stereocenters. The molecule has 11 nitrogen and oxygen atoms in total. The number of ether oxygens (including phenoxy) is 1. The van der Waals surface area contributed by atoms with Crippen molar-refractivity contribution in [1.82, 2.24) is 24.7 Å². The van der Waals surface area contributed by atoms with Gasteiger partial charge in [-0.15, -0.1) is 0 Å². The summed E-state index contributed by atoms with van der Waals surface area (Å²) < 4.78 is 72.8. The first-order chi connectivity index (χ1) is 19.2. The van der Waals surface area contributed by atoms with E-state index in [1.807, 2.05) is 19.0 Å². The monoisotopic (exact) mass is 602 g/mol. The molecular weight excluding hydrogens is 565 g/mol. The maximum atomic E-state index is 13.9. The minimum Gasteiger partial charge on any atom is -0.495 e. The maximum Gasteiger partial charge on any atom is 0.419 e. The van der Waals surface area contributed by atoms with E-state index in [0.717, 1.165) is 25.3 Å². The van der Waals surface area contributed by atoms with Gasteiger partial charge in [-0.05, 0) is 57.5 Å². The van der Waals surface area contributed by atoms with E-state index in [-0.39, 0.29) is 41.9 Å². The van der Waals surface area contributed by atoms with E-state index >= 15 is 0 Å². The highest BCUT2D eigenvalue weighted by molar-refractivity contribution is 7.88. The lowest BCUT2D eigenvalue weighted by Crippen LogP contribution is -2.44. The Balaban J connectivity index is 1.84. The number of methoxy groups -OCH3 is 1. The number of anilines is 2. The number of hydrogen-bond donors (Lipinski definition) is 2. The molecule has 3 rings (SSSR count). The van der Waals surface area contributed by atoms with Crippen molar-refractivity contribution < 1.29 is 36.0 Å². The summed E-state index contributed by atoms with van der Waals surface area (Å²) in [6.45, 7) is 0.895. The Morgan fingerprint density at radius 1 is 1.17 bits per heavy atom. The topological polar surface area (TPSA) is 126 Å². The predicted octanol–water partition coefficient (Wildman–Crippen LogP) is 3.46. The first kappa shape index (κ1) is 32.5. The van der Waals surface area contributed by atoms with Gasteiger partial charge in [-0.1, -0.05) is 12.8 Å². The van der Waals surface area contributed by atoms with Crippen LogP contribution in [-0.4, -0.2) is 87.2 Å². The number of nitrogens with one attached hydrogen (secondary N) is 2. The summed E-state index contributed by atoms with van der Waals surface area (Å²) in [4.78, 5) is 27.6. The minimum absolute atomic E-state index is 0.0688. The van der Waals surface area contributed by atoms with Crippen molar-refractivity contribution in [2.75, 3.05) is 53.0 Å². The molecule has 0 saturated heterocycles. The Hall–Kier alpha value is -3.01. The molecule has 1 aliphatic rings. The van der Waals surface area contributed by atoms with Crippen LogP contribution in [0.5, 0.6) is 5.75 Å². The molecule has 41 heavy (non-hydrogen) atoms. The second-order valence-electron chi connectivity index (χ2n) is 10.3. The SMILES string of the molecule is COc1cc(C(=O)NOCCN(C)C)ccc1Nc1ncc(C(F)(F)F)c(C[C@@H]2CCCC[C@H]2N(C)S(C)(=O)=O)n1. The third-order valence-electron chi connectivity index (χ3n) is 7.00. The molecule has 0 aliphatic heterocycles. The van der Waals surface area contributed by atoms with Crippen LogP contribution in [0.3, 0.4) is 0 Å². The van der Waals surface area contributed by atoms with Gasteiger partial charge in [0.15, 0.2) is 0 Å². The van der Waals surface area contributed by atoms with Gasteiger partial charge >= 0.3 is 6.18 Å². The molecule has 1 aromatic carbocycles. The van der Waals surface area contributed by atoms with Gasteiger partial charge in [0.1, 0.15) is 5.75 Å². The maximum absolute atomic E-state index is 13.9. The van der Waals surface area contributed by atoms with Crippen molar-refractivity contribution in [3.05, 3.63) is 41.2 Å². The smallest absolute Gasteiger partial charge is 0.419 e. The number of rotatable bonds is 12. The average Bonchev–Trinajstić information content (AvgIpc) is 2.90. The van der Waals surface area contributed by atoms with Gasteiger partial charge in [0, 0.05) is 31.4 Å². The molecule has 2 aromatic rings. The molecule has 0 spiro atoms. The normalized spacial score (nSPS) is 18.0. The Bertz CT molecular complexity index is 1310. The number of sulfonamides is 1. The second-order valence-corrected chi connectivity index (χ2v) is 12.3. The highest BCUT2D eigenvalue weighted by atomic mass is 32.2. The van der Waals surface area contributed by atoms with Crippen LogP contribution in [0.4, 0.5) is 24.8 Å². The molecule has 1 amide bonds. The van der Waals surface area contributed by atoms with Crippen LogP contribution in [0.1, 0.15) is 47.3 Å². The molecule has 1 aliphatic carbocycles. The van der Waals surface area contributed by atoms with Gasteiger partial charge < -0.3 is 15.0 Å². The quantitative estimate of drug-likeness (QED) is 0.278. The second kappa shape index (κ2) is 13.8. The number of aromatic nitrogens is 2. The molecule has 15 heteroatoms. The van der Waals surface area contributed by atoms with Crippen molar-refractivity contribution in [3.63, 3.8) is 0 Å². The first-order valence-electron chi connectivity index (χ1n) is 13.1. The van der Waals surface area contributed by atoms with Crippen LogP contribution in [0, 0.1) is 5.92 Å². The van der Waals surface area contributed by atoms with Crippen LogP contribution in [0.25, 0.3) is 0 Å². The number of likely N-dealkylation sites (N-methyl/N-ethyl adjacent to an activating group) is 1. The van der Waals surface area contributed by atoms with E-state index in [1.54, 1.807) is 0 Å². The van der Waals surface area contributed by atoms with Crippen molar-refractivity contribution in [1.29, 1.82) is 0 Å². The summed E-state index contributed by atoms with van der Waals surface area (Å²) in [6.07, 6.45) is -0.236. The zero-order valence-electron chi connectivity index (χ0n) is 23.8. The molecule has 0 radical (unpaired) electrons. The molecular formula is C26H37F3N6O5S. The predicted molar refractivity (Wildman–Crippen MR) is 147 cm³/mol. The highest BCUT2D eigenvalue weighted by Gasteiger charge is 2.38. The Morgan fingerprint density at radius 2 is 1.88 bits per heavy atom. The summed E-state index contributed by atoms with van der Waals surface area (Å²) >= 11 is 0. The van der Waals surface area contributed by atoms with Crippen molar-refractivity contribution >= 4 is 27.6 Å². The number of nitrogens with zero attached hydrogens (tertiary/aromatic N) is 4. The van der Waals surface area contributed by atoms with E-state index in [2.05, 4.69) is 20.8 Å². The van der Waals surface area contributed by atoms with Crippen LogP contribution in [-0.2, 0) is 27.5 Å². The number of alkyl halides is 3. The van der Waals surface area contributed by atoms with Crippen LogP contribution in [0.2, 0.25) is 0 Å². The third kappa shape index (κ3) is 8.99. The Labute approximate surface area is 238 Å². The molecule has 1 saturated carbocycles. The Kier molecular flexibility index (Phi) is 10.9. The first-order valence-corrected chi connectivity index (χ1v) is 14.9. The summed E-state index contributed by atoms with van der Waals surface area (Å²) in [6, 6.07) is 4.03. The lowest BCUT2D eigenvalue weighted by Gasteiger charge is -2.37. The fourth-order valence-electron chi connectivity index (χ4n) is 4.73. The molecule has 1 fully saturated rings. The fourth-order valence-corrected chi connectivity index (χ4v) is 5.50. The molecule has 2 atom stereocenters. The van der Waals surface area contributed by atoms with Gasteiger partial charge in [0.25, 0.3) is 5.91 Å². The highest BCUT2D eigenvalue weighted by Crippen LogP contribution is 2.37. The third-order valence-corrected chi connectivity index (χ3v) is 8.32.